The molecule has 2 N–H and O–H groups in total. The summed E-state index contributed by atoms with van der Waals surface area (Å²) in [7, 11) is 0. The van der Waals surface area contributed by atoms with Crippen LogP contribution in [-0.2, 0) is 9.53 Å². The second-order valence-electron chi connectivity index (χ2n) is 5.88. The fourth-order valence-electron chi connectivity index (χ4n) is 1.99. The molecule has 1 aromatic carbocycles. The summed E-state index contributed by atoms with van der Waals surface area (Å²) >= 11 is 4.48. The Morgan fingerprint density at radius 3 is 2.54 bits per heavy atom. The largest absolute Gasteiger partial charge is 0.451 e. The van der Waals surface area contributed by atoms with Crippen LogP contribution in [-0.4, -0.2) is 30.9 Å². The van der Waals surface area contributed by atoms with Crippen molar-refractivity contribution in [3.05, 3.63) is 50.6 Å². The Morgan fingerprint density at radius 2 is 1.88 bits per heavy atom. The van der Waals surface area contributed by atoms with Crippen LogP contribution in [0.1, 0.15) is 33.9 Å². The first-order valence-corrected chi connectivity index (χ1v) is 9.57. The van der Waals surface area contributed by atoms with E-state index in [2.05, 4.69) is 26.6 Å². The number of hydrogen-bond donors (Lipinski definition) is 2. The number of ether oxygens (including phenoxy) is 1. The maximum Gasteiger partial charge on any atom is 0.348 e. The fraction of sp³-hybridized carbons (Fsp3) is 0.278. The third kappa shape index (κ3) is 5.96. The monoisotopic (exact) mass is 438 g/mol. The quantitative estimate of drug-likeness (QED) is 0.645. The van der Waals surface area contributed by atoms with Crippen molar-refractivity contribution < 1.29 is 19.1 Å². The zero-order valence-corrected chi connectivity index (χ0v) is 16.8. The van der Waals surface area contributed by atoms with Gasteiger partial charge >= 0.3 is 5.97 Å². The number of nitrogens with one attached hydrogen (secondary N) is 2. The lowest BCUT2D eigenvalue weighted by molar-refractivity contribution is -0.119. The third-order valence-electron chi connectivity index (χ3n) is 3.23. The van der Waals surface area contributed by atoms with Gasteiger partial charge in [-0.15, -0.1) is 11.3 Å². The van der Waals surface area contributed by atoms with Gasteiger partial charge in [0.1, 0.15) is 4.88 Å². The van der Waals surface area contributed by atoms with Crippen LogP contribution < -0.4 is 10.6 Å². The van der Waals surface area contributed by atoms with Crippen molar-refractivity contribution in [1.82, 2.24) is 5.32 Å². The lowest BCUT2D eigenvalue weighted by atomic mass is 10.1. The Labute approximate surface area is 164 Å². The van der Waals surface area contributed by atoms with Crippen LogP contribution in [0.25, 0.3) is 0 Å². The first-order valence-electron chi connectivity index (χ1n) is 7.96. The molecule has 1 aromatic heterocycles. The van der Waals surface area contributed by atoms with Gasteiger partial charge in [0.2, 0.25) is 0 Å². The molecule has 0 aliphatic rings. The summed E-state index contributed by atoms with van der Waals surface area (Å²) in [5, 5.41) is 5.42. The predicted molar refractivity (Wildman–Crippen MR) is 105 cm³/mol. The van der Waals surface area contributed by atoms with Gasteiger partial charge in [0, 0.05) is 6.54 Å². The number of benzene rings is 1. The van der Waals surface area contributed by atoms with Crippen LogP contribution in [0.2, 0.25) is 0 Å². The highest BCUT2D eigenvalue weighted by Gasteiger charge is 2.15. The summed E-state index contributed by atoms with van der Waals surface area (Å²) < 4.78 is 5.79. The van der Waals surface area contributed by atoms with Crippen molar-refractivity contribution in [2.24, 2.45) is 5.92 Å². The lowest BCUT2D eigenvalue weighted by Gasteiger charge is -2.12. The van der Waals surface area contributed by atoms with E-state index >= 15 is 0 Å². The molecule has 0 bridgehead atoms. The molecule has 0 atom stereocenters. The van der Waals surface area contributed by atoms with E-state index in [1.807, 2.05) is 13.8 Å². The second-order valence-corrected chi connectivity index (χ2v) is 8.34. The Hall–Kier alpha value is -2.19. The van der Waals surface area contributed by atoms with E-state index in [1.165, 1.54) is 11.3 Å². The van der Waals surface area contributed by atoms with Crippen LogP contribution >= 0.6 is 27.3 Å². The van der Waals surface area contributed by atoms with Crippen molar-refractivity contribution in [3.8, 4) is 0 Å². The minimum Gasteiger partial charge on any atom is -0.451 e. The number of esters is 1. The molecule has 0 unspecified atom stereocenters. The molecule has 0 fully saturated rings. The highest BCUT2D eigenvalue weighted by molar-refractivity contribution is 9.11. The molecule has 2 amide bonds. The molecular weight excluding hydrogens is 420 g/mol. The van der Waals surface area contributed by atoms with Gasteiger partial charge in [-0.2, -0.15) is 0 Å². The first kappa shape index (κ1) is 20.1. The summed E-state index contributed by atoms with van der Waals surface area (Å²) in [5.74, 6) is -1.04. The summed E-state index contributed by atoms with van der Waals surface area (Å²) in [6.07, 6.45) is 0. The molecule has 0 saturated carbocycles. The van der Waals surface area contributed by atoms with Gasteiger partial charge in [-0.05, 0) is 46.1 Å². The molecular formula is C18H19BrN2O4S. The SMILES string of the molecule is CC(C)CNC(=O)c1ccccc1NC(=O)COC(=O)c1ccc(Br)s1. The average molecular weight is 439 g/mol. The number of carbonyl (C=O) groups excluding carboxylic acids is 3. The minimum absolute atomic E-state index is 0.268. The van der Waals surface area contributed by atoms with Crippen molar-refractivity contribution in [3.63, 3.8) is 0 Å². The molecule has 0 aliphatic carbocycles. The highest BCUT2D eigenvalue weighted by atomic mass is 79.9. The molecule has 0 radical (unpaired) electrons. The molecule has 0 spiro atoms. The first-order chi connectivity index (χ1) is 12.4. The Bertz CT molecular complexity index is 804. The molecule has 8 heteroatoms. The molecule has 0 aliphatic heterocycles. The Kier molecular flexibility index (Phi) is 7.35. The lowest BCUT2D eigenvalue weighted by Crippen LogP contribution is -2.29. The molecule has 138 valence electrons. The molecule has 26 heavy (non-hydrogen) atoms. The maximum atomic E-state index is 12.3. The number of para-hydroxylation sites is 1. The third-order valence-corrected chi connectivity index (χ3v) is 4.83. The van der Waals surface area contributed by atoms with Gasteiger partial charge < -0.3 is 15.4 Å². The van der Waals surface area contributed by atoms with Crippen LogP contribution in [0.4, 0.5) is 5.69 Å². The van der Waals surface area contributed by atoms with Gasteiger partial charge in [-0.1, -0.05) is 26.0 Å². The van der Waals surface area contributed by atoms with Gasteiger partial charge in [0.05, 0.1) is 15.0 Å². The zero-order valence-electron chi connectivity index (χ0n) is 14.4. The Morgan fingerprint density at radius 1 is 1.15 bits per heavy atom. The van der Waals surface area contributed by atoms with Crippen molar-refractivity contribution in [1.29, 1.82) is 0 Å². The smallest absolute Gasteiger partial charge is 0.348 e. The molecule has 2 rings (SSSR count). The number of anilines is 1. The van der Waals surface area contributed by atoms with Crippen molar-refractivity contribution in [2.75, 3.05) is 18.5 Å². The summed E-state index contributed by atoms with van der Waals surface area (Å²) in [4.78, 5) is 36.6. The highest BCUT2D eigenvalue weighted by Crippen LogP contribution is 2.22. The van der Waals surface area contributed by atoms with Crippen LogP contribution in [0, 0.1) is 5.92 Å². The molecule has 2 aromatic rings. The standard InChI is InChI=1S/C18H19BrN2O4S/c1-11(2)9-20-17(23)12-5-3-4-6-13(12)21-16(22)10-25-18(24)14-7-8-15(19)26-14/h3-8,11H,9-10H2,1-2H3,(H,20,23)(H,21,22). The van der Waals surface area contributed by atoms with Crippen molar-refractivity contribution in [2.45, 2.75) is 13.8 Å². The number of amides is 2. The summed E-state index contributed by atoms with van der Waals surface area (Å²) in [5.41, 5.74) is 0.726. The molecule has 6 nitrogen and oxygen atoms in total. The number of halogens is 1. The van der Waals surface area contributed by atoms with Crippen LogP contribution in [0.3, 0.4) is 0 Å². The summed E-state index contributed by atoms with van der Waals surface area (Å²) in [6, 6.07) is 10.0. The number of rotatable bonds is 7. The minimum atomic E-state index is -0.571. The predicted octanol–water partition coefficient (Wildman–Crippen LogP) is 3.69. The van der Waals surface area contributed by atoms with Gasteiger partial charge in [0.15, 0.2) is 6.61 Å². The Balaban J connectivity index is 1.94. The average Bonchev–Trinajstić information content (AvgIpc) is 3.04. The van der Waals surface area contributed by atoms with E-state index in [0.29, 0.717) is 28.6 Å². The number of thiophene rings is 1. The maximum absolute atomic E-state index is 12.3. The topological polar surface area (TPSA) is 84.5 Å². The van der Waals surface area contributed by atoms with E-state index in [4.69, 9.17) is 4.74 Å². The second kappa shape index (κ2) is 9.49. The van der Waals surface area contributed by atoms with Gasteiger partial charge in [-0.25, -0.2) is 4.79 Å². The normalized spacial score (nSPS) is 10.5. The van der Waals surface area contributed by atoms with Gasteiger partial charge in [-0.3, -0.25) is 9.59 Å². The van der Waals surface area contributed by atoms with E-state index < -0.39 is 18.5 Å². The van der Waals surface area contributed by atoms with E-state index in [0.717, 1.165) is 3.79 Å². The fourth-order valence-corrected chi connectivity index (χ4v) is 3.27. The van der Waals surface area contributed by atoms with E-state index in [9.17, 15) is 14.4 Å². The van der Waals surface area contributed by atoms with E-state index in [-0.39, 0.29) is 5.91 Å². The zero-order chi connectivity index (χ0) is 19.1. The number of hydrogen-bond acceptors (Lipinski definition) is 5. The molecule has 1 heterocycles. The van der Waals surface area contributed by atoms with Gasteiger partial charge in [0.25, 0.3) is 11.8 Å². The van der Waals surface area contributed by atoms with Crippen LogP contribution in [0.5, 0.6) is 0 Å². The summed E-state index contributed by atoms with van der Waals surface area (Å²) in [6.45, 7) is 4.09. The van der Waals surface area contributed by atoms with Crippen molar-refractivity contribution >= 4 is 50.7 Å². The van der Waals surface area contributed by atoms with Crippen LogP contribution in [0.15, 0.2) is 40.2 Å². The van der Waals surface area contributed by atoms with E-state index in [1.54, 1.807) is 36.4 Å². The number of carbonyl (C=O) groups is 3. The molecule has 0 saturated heterocycles.